The van der Waals surface area contributed by atoms with Crippen LogP contribution in [0.3, 0.4) is 0 Å². The average Bonchev–Trinajstić information content (AvgIpc) is 2.28. The van der Waals surface area contributed by atoms with Crippen molar-refractivity contribution in [1.82, 2.24) is 4.98 Å². The summed E-state index contributed by atoms with van der Waals surface area (Å²) < 4.78 is 12.7. The summed E-state index contributed by atoms with van der Waals surface area (Å²) in [6, 6.07) is 8.49. The van der Waals surface area contributed by atoms with Crippen molar-refractivity contribution in [3.8, 4) is 0 Å². The van der Waals surface area contributed by atoms with Gasteiger partial charge in [0.05, 0.1) is 5.69 Å². The Morgan fingerprint density at radius 1 is 1.18 bits per heavy atom. The number of rotatable bonds is 3. The fourth-order valence-electron chi connectivity index (χ4n) is 1.46. The summed E-state index contributed by atoms with van der Waals surface area (Å²) in [5.74, 6) is -0.207. The van der Waals surface area contributed by atoms with Gasteiger partial charge in [-0.25, -0.2) is 4.39 Å². The summed E-state index contributed by atoms with van der Waals surface area (Å²) in [5, 5.41) is 3.24. The molecule has 2 rings (SSSR count). The van der Waals surface area contributed by atoms with Gasteiger partial charge in [-0.05, 0) is 36.2 Å². The first-order valence-corrected chi connectivity index (χ1v) is 5.14. The lowest BCUT2D eigenvalue weighted by molar-refractivity contribution is 0.627. The van der Waals surface area contributed by atoms with Crippen LogP contribution in [0.1, 0.15) is 11.1 Å². The lowest BCUT2D eigenvalue weighted by atomic mass is 10.2. The minimum Gasteiger partial charge on any atom is -0.380 e. The van der Waals surface area contributed by atoms with Crippen LogP contribution in [0.15, 0.2) is 42.7 Å². The monoisotopic (exact) mass is 252 g/mol. The van der Waals surface area contributed by atoms with E-state index in [4.69, 9.17) is 0 Å². The van der Waals surface area contributed by atoms with Crippen molar-refractivity contribution in [3.63, 3.8) is 0 Å². The van der Waals surface area contributed by atoms with Crippen LogP contribution in [0.25, 0.3) is 0 Å². The van der Waals surface area contributed by atoms with E-state index in [2.05, 4.69) is 10.3 Å². The van der Waals surface area contributed by atoms with E-state index in [1.165, 1.54) is 12.1 Å². The number of aromatic nitrogens is 1. The van der Waals surface area contributed by atoms with Crippen LogP contribution in [0, 0.1) is 12.7 Å². The van der Waals surface area contributed by atoms with Crippen molar-refractivity contribution in [2.45, 2.75) is 13.5 Å². The standard InChI is InChI=1S/C13H13FN2.ClH/c1-10-6-13(9-15-7-10)16-8-11-2-4-12(14)5-3-11;/h2-7,9,16H,8H2,1H3;1H. The van der Waals surface area contributed by atoms with Crippen molar-refractivity contribution in [2.24, 2.45) is 0 Å². The fraction of sp³-hybridized carbons (Fsp3) is 0.154. The first-order valence-electron chi connectivity index (χ1n) is 5.14. The second kappa shape index (κ2) is 6.21. The van der Waals surface area contributed by atoms with E-state index in [-0.39, 0.29) is 18.2 Å². The minimum atomic E-state index is -0.207. The number of anilines is 1. The number of nitrogens with one attached hydrogen (secondary N) is 1. The third-order valence-corrected chi connectivity index (χ3v) is 2.28. The molecule has 1 N–H and O–H groups in total. The van der Waals surface area contributed by atoms with Gasteiger partial charge in [0.2, 0.25) is 0 Å². The Balaban J connectivity index is 0.00000144. The number of halogens is 2. The van der Waals surface area contributed by atoms with E-state index in [1.807, 2.05) is 19.2 Å². The zero-order chi connectivity index (χ0) is 11.4. The maximum absolute atomic E-state index is 12.7. The molecule has 2 nitrogen and oxygen atoms in total. The summed E-state index contributed by atoms with van der Waals surface area (Å²) in [6.07, 6.45) is 3.58. The molecule has 0 aliphatic heterocycles. The molecule has 0 fully saturated rings. The predicted octanol–water partition coefficient (Wildman–Crippen LogP) is 3.56. The number of hydrogen-bond acceptors (Lipinski definition) is 2. The summed E-state index contributed by atoms with van der Waals surface area (Å²) in [6.45, 7) is 2.67. The SMILES string of the molecule is Cc1cncc(NCc2ccc(F)cc2)c1.Cl. The van der Waals surface area contributed by atoms with Gasteiger partial charge in [-0.2, -0.15) is 0 Å². The second-order valence-electron chi connectivity index (χ2n) is 3.73. The molecule has 1 aromatic heterocycles. The number of pyridine rings is 1. The van der Waals surface area contributed by atoms with Gasteiger partial charge in [-0.1, -0.05) is 12.1 Å². The molecule has 4 heteroatoms. The van der Waals surface area contributed by atoms with E-state index < -0.39 is 0 Å². The van der Waals surface area contributed by atoms with E-state index in [1.54, 1.807) is 18.3 Å². The molecule has 2 aromatic rings. The zero-order valence-corrected chi connectivity index (χ0v) is 10.3. The molecule has 1 heterocycles. The molecular weight excluding hydrogens is 239 g/mol. The Kier molecular flexibility index (Phi) is 4.91. The smallest absolute Gasteiger partial charge is 0.123 e. The number of aryl methyl sites for hydroxylation is 1. The minimum absolute atomic E-state index is 0. The highest BCUT2D eigenvalue weighted by molar-refractivity contribution is 5.85. The second-order valence-corrected chi connectivity index (χ2v) is 3.73. The Morgan fingerprint density at radius 3 is 2.53 bits per heavy atom. The first-order chi connectivity index (χ1) is 7.74. The molecule has 0 spiro atoms. The molecule has 0 aliphatic rings. The molecule has 0 saturated heterocycles. The molecule has 90 valence electrons. The van der Waals surface area contributed by atoms with Crippen molar-refractivity contribution in [1.29, 1.82) is 0 Å². The van der Waals surface area contributed by atoms with E-state index in [0.717, 1.165) is 16.8 Å². The maximum atomic E-state index is 12.7. The highest BCUT2D eigenvalue weighted by Gasteiger charge is 1.95. The molecule has 0 radical (unpaired) electrons. The largest absolute Gasteiger partial charge is 0.380 e. The molecule has 0 bridgehead atoms. The molecule has 17 heavy (non-hydrogen) atoms. The third kappa shape index (κ3) is 4.04. The van der Waals surface area contributed by atoms with Gasteiger partial charge in [0, 0.05) is 18.9 Å². The summed E-state index contributed by atoms with van der Waals surface area (Å²) in [4.78, 5) is 4.09. The Hall–Kier alpha value is -1.61. The van der Waals surface area contributed by atoms with Gasteiger partial charge in [-0.15, -0.1) is 12.4 Å². The van der Waals surface area contributed by atoms with Crippen LogP contribution in [0.2, 0.25) is 0 Å². The van der Waals surface area contributed by atoms with Gasteiger partial charge >= 0.3 is 0 Å². The summed E-state index contributed by atoms with van der Waals surface area (Å²) in [7, 11) is 0. The topological polar surface area (TPSA) is 24.9 Å². The van der Waals surface area contributed by atoms with Gasteiger partial charge in [0.15, 0.2) is 0 Å². The summed E-state index contributed by atoms with van der Waals surface area (Å²) >= 11 is 0. The molecule has 0 amide bonds. The van der Waals surface area contributed by atoms with Crippen LogP contribution >= 0.6 is 12.4 Å². The van der Waals surface area contributed by atoms with E-state index in [0.29, 0.717) is 6.54 Å². The number of benzene rings is 1. The van der Waals surface area contributed by atoms with Crippen molar-refractivity contribution in [3.05, 3.63) is 59.7 Å². The molecule has 0 unspecified atom stereocenters. The lowest BCUT2D eigenvalue weighted by Crippen LogP contribution is -1.99. The van der Waals surface area contributed by atoms with Crippen molar-refractivity contribution < 1.29 is 4.39 Å². The van der Waals surface area contributed by atoms with Crippen LogP contribution in [-0.4, -0.2) is 4.98 Å². The molecular formula is C13H14ClFN2. The molecule has 0 aliphatic carbocycles. The van der Waals surface area contributed by atoms with Crippen LogP contribution in [0.5, 0.6) is 0 Å². The Bertz CT molecular complexity index is 471. The first kappa shape index (κ1) is 13.5. The average molecular weight is 253 g/mol. The van der Waals surface area contributed by atoms with Gasteiger partial charge < -0.3 is 5.32 Å². The van der Waals surface area contributed by atoms with Gasteiger partial charge in [-0.3, -0.25) is 4.98 Å². The van der Waals surface area contributed by atoms with E-state index >= 15 is 0 Å². The number of hydrogen-bond donors (Lipinski definition) is 1. The zero-order valence-electron chi connectivity index (χ0n) is 9.48. The summed E-state index contributed by atoms with van der Waals surface area (Å²) in [5.41, 5.74) is 3.14. The van der Waals surface area contributed by atoms with E-state index in [9.17, 15) is 4.39 Å². The fourth-order valence-corrected chi connectivity index (χ4v) is 1.46. The Labute approximate surface area is 106 Å². The van der Waals surface area contributed by atoms with Crippen molar-refractivity contribution in [2.75, 3.05) is 5.32 Å². The molecule has 0 atom stereocenters. The van der Waals surface area contributed by atoms with Crippen LogP contribution in [-0.2, 0) is 6.54 Å². The highest BCUT2D eigenvalue weighted by Crippen LogP contribution is 2.10. The molecule has 1 aromatic carbocycles. The van der Waals surface area contributed by atoms with Crippen LogP contribution < -0.4 is 5.32 Å². The van der Waals surface area contributed by atoms with Gasteiger partial charge in [0.1, 0.15) is 5.82 Å². The molecule has 0 saturated carbocycles. The normalized spacial score (nSPS) is 9.53. The van der Waals surface area contributed by atoms with Crippen LogP contribution in [0.4, 0.5) is 10.1 Å². The Morgan fingerprint density at radius 2 is 1.88 bits per heavy atom. The van der Waals surface area contributed by atoms with Gasteiger partial charge in [0.25, 0.3) is 0 Å². The lowest BCUT2D eigenvalue weighted by Gasteiger charge is -2.06. The van der Waals surface area contributed by atoms with Crippen molar-refractivity contribution >= 4 is 18.1 Å². The quantitative estimate of drug-likeness (QED) is 0.904. The number of nitrogens with zero attached hydrogens (tertiary/aromatic N) is 1. The maximum Gasteiger partial charge on any atom is 0.123 e. The third-order valence-electron chi connectivity index (χ3n) is 2.28. The highest BCUT2D eigenvalue weighted by atomic mass is 35.5. The predicted molar refractivity (Wildman–Crippen MR) is 69.9 cm³/mol.